The number of anilines is 1. The van der Waals surface area contributed by atoms with Crippen molar-refractivity contribution in [3.63, 3.8) is 0 Å². The number of benzene rings is 1. The van der Waals surface area contributed by atoms with E-state index in [0.717, 1.165) is 37.1 Å². The van der Waals surface area contributed by atoms with Gasteiger partial charge in [-0.25, -0.2) is 4.98 Å². The normalized spacial score (nSPS) is 19.8. The molecule has 1 saturated heterocycles. The van der Waals surface area contributed by atoms with E-state index >= 15 is 0 Å². The van der Waals surface area contributed by atoms with Crippen LogP contribution >= 0.6 is 0 Å². The predicted molar refractivity (Wildman–Crippen MR) is 88.3 cm³/mol. The number of imidazole rings is 1. The van der Waals surface area contributed by atoms with Crippen LogP contribution in [0.4, 0.5) is 5.95 Å². The number of carbonyl (C=O) groups is 1. The molecule has 1 aromatic carbocycles. The van der Waals surface area contributed by atoms with Gasteiger partial charge in [-0.2, -0.15) is 5.26 Å². The Labute approximate surface area is 140 Å². The SMILES string of the molecule is N#Cc1cccc(-c2cn3c(n2)N(C(=O)[C@@H]2CCCO2)CCC3)c1. The van der Waals surface area contributed by atoms with E-state index in [9.17, 15) is 4.79 Å². The van der Waals surface area contributed by atoms with Gasteiger partial charge in [0.15, 0.2) is 0 Å². The first kappa shape index (κ1) is 14.9. The molecule has 2 aliphatic rings. The van der Waals surface area contributed by atoms with Crippen LogP contribution in [0.25, 0.3) is 11.3 Å². The zero-order valence-corrected chi connectivity index (χ0v) is 13.3. The quantitative estimate of drug-likeness (QED) is 0.851. The second kappa shape index (κ2) is 6.10. The molecule has 6 heteroatoms. The van der Waals surface area contributed by atoms with Gasteiger partial charge in [-0.1, -0.05) is 12.1 Å². The Morgan fingerprint density at radius 3 is 3.04 bits per heavy atom. The van der Waals surface area contributed by atoms with Crippen molar-refractivity contribution in [2.75, 3.05) is 18.1 Å². The van der Waals surface area contributed by atoms with Crippen LogP contribution < -0.4 is 4.90 Å². The van der Waals surface area contributed by atoms with Crippen LogP contribution in [0.2, 0.25) is 0 Å². The van der Waals surface area contributed by atoms with E-state index in [0.29, 0.717) is 24.7 Å². The van der Waals surface area contributed by atoms with Crippen LogP contribution in [0.5, 0.6) is 0 Å². The first-order valence-electron chi connectivity index (χ1n) is 8.27. The Balaban J connectivity index is 1.67. The molecular weight excluding hydrogens is 304 g/mol. The van der Waals surface area contributed by atoms with Crippen LogP contribution in [0.1, 0.15) is 24.8 Å². The van der Waals surface area contributed by atoms with E-state index in [1.807, 2.05) is 29.0 Å². The van der Waals surface area contributed by atoms with E-state index in [-0.39, 0.29) is 12.0 Å². The number of nitrogens with zero attached hydrogens (tertiary/aromatic N) is 4. The zero-order valence-electron chi connectivity index (χ0n) is 13.3. The molecule has 1 aromatic heterocycles. The molecule has 24 heavy (non-hydrogen) atoms. The lowest BCUT2D eigenvalue weighted by Crippen LogP contribution is -2.43. The van der Waals surface area contributed by atoms with Gasteiger partial charge in [0.2, 0.25) is 5.95 Å². The van der Waals surface area contributed by atoms with Crippen molar-refractivity contribution in [3.8, 4) is 17.3 Å². The maximum Gasteiger partial charge on any atom is 0.258 e. The van der Waals surface area contributed by atoms with Gasteiger partial charge in [-0.15, -0.1) is 0 Å². The molecule has 1 atom stereocenters. The van der Waals surface area contributed by atoms with Gasteiger partial charge in [0, 0.05) is 31.5 Å². The summed E-state index contributed by atoms with van der Waals surface area (Å²) in [4.78, 5) is 19.1. The highest BCUT2D eigenvalue weighted by Crippen LogP contribution is 2.28. The molecule has 4 rings (SSSR count). The minimum absolute atomic E-state index is 0.0105. The van der Waals surface area contributed by atoms with Crippen molar-refractivity contribution in [3.05, 3.63) is 36.0 Å². The maximum atomic E-state index is 12.7. The van der Waals surface area contributed by atoms with Crippen LogP contribution in [0.3, 0.4) is 0 Å². The van der Waals surface area contributed by atoms with Crippen molar-refractivity contribution in [2.24, 2.45) is 0 Å². The Hall–Kier alpha value is -2.65. The molecule has 0 bridgehead atoms. The molecule has 0 N–H and O–H groups in total. The average Bonchev–Trinajstić information content (AvgIpc) is 3.30. The Bertz CT molecular complexity index is 815. The topological polar surface area (TPSA) is 71.2 Å². The number of ether oxygens (including phenoxy) is 1. The first-order valence-corrected chi connectivity index (χ1v) is 8.27. The lowest BCUT2D eigenvalue weighted by Gasteiger charge is -2.28. The number of hydrogen-bond acceptors (Lipinski definition) is 4. The van der Waals surface area contributed by atoms with E-state index in [1.165, 1.54) is 0 Å². The van der Waals surface area contributed by atoms with E-state index in [4.69, 9.17) is 10.00 Å². The molecular formula is C18H18N4O2. The molecule has 3 heterocycles. The van der Waals surface area contributed by atoms with Gasteiger partial charge in [0.25, 0.3) is 5.91 Å². The number of nitriles is 1. The molecule has 2 aliphatic heterocycles. The Morgan fingerprint density at radius 1 is 1.33 bits per heavy atom. The van der Waals surface area contributed by atoms with Crippen molar-refractivity contribution in [1.82, 2.24) is 9.55 Å². The molecule has 1 amide bonds. The number of carbonyl (C=O) groups excluding carboxylic acids is 1. The summed E-state index contributed by atoms with van der Waals surface area (Å²) in [5.41, 5.74) is 2.28. The highest BCUT2D eigenvalue weighted by Gasteiger charge is 2.33. The fourth-order valence-corrected chi connectivity index (χ4v) is 3.33. The third kappa shape index (κ3) is 2.57. The second-order valence-electron chi connectivity index (χ2n) is 6.16. The number of aromatic nitrogens is 2. The fraction of sp³-hybridized carbons (Fsp3) is 0.389. The fourth-order valence-electron chi connectivity index (χ4n) is 3.33. The van der Waals surface area contributed by atoms with Gasteiger partial charge >= 0.3 is 0 Å². The van der Waals surface area contributed by atoms with Gasteiger partial charge in [0.1, 0.15) is 6.10 Å². The van der Waals surface area contributed by atoms with Crippen molar-refractivity contribution in [2.45, 2.75) is 31.9 Å². The van der Waals surface area contributed by atoms with Gasteiger partial charge < -0.3 is 9.30 Å². The monoisotopic (exact) mass is 322 g/mol. The first-order chi connectivity index (χ1) is 11.8. The Kier molecular flexibility index (Phi) is 3.79. The molecule has 6 nitrogen and oxygen atoms in total. The van der Waals surface area contributed by atoms with Crippen LogP contribution in [-0.2, 0) is 16.1 Å². The van der Waals surface area contributed by atoms with Crippen LogP contribution in [0.15, 0.2) is 30.5 Å². The average molecular weight is 322 g/mol. The van der Waals surface area contributed by atoms with E-state index in [2.05, 4.69) is 11.1 Å². The summed E-state index contributed by atoms with van der Waals surface area (Å²) in [5.74, 6) is 0.690. The lowest BCUT2D eigenvalue weighted by atomic mass is 10.1. The summed E-state index contributed by atoms with van der Waals surface area (Å²) in [6.45, 7) is 2.17. The van der Waals surface area contributed by atoms with Crippen molar-refractivity contribution < 1.29 is 9.53 Å². The number of rotatable bonds is 2. The minimum atomic E-state index is -0.335. The highest BCUT2D eigenvalue weighted by molar-refractivity contribution is 5.95. The van der Waals surface area contributed by atoms with E-state index in [1.54, 1.807) is 11.0 Å². The summed E-state index contributed by atoms with van der Waals surface area (Å²) < 4.78 is 7.56. The maximum absolute atomic E-state index is 12.7. The largest absolute Gasteiger partial charge is 0.368 e. The summed E-state index contributed by atoms with van der Waals surface area (Å²) in [5, 5.41) is 9.06. The van der Waals surface area contributed by atoms with Crippen LogP contribution in [0, 0.1) is 11.3 Å². The molecule has 0 unspecified atom stereocenters. The summed E-state index contributed by atoms with van der Waals surface area (Å²) in [6, 6.07) is 9.52. The highest BCUT2D eigenvalue weighted by atomic mass is 16.5. The number of fused-ring (bicyclic) bond motifs is 1. The molecule has 122 valence electrons. The molecule has 2 aromatic rings. The smallest absolute Gasteiger partial charge is 0.258 e. The summed E-state index contributed by atoms with van der Waals surface area (Å²) >= 11 is 0. The lowest BCUT2D eigenvalue weighted by molar-refractivity contribution is -0.127. The van der Waals surface area contributed by atoms with E-state index < -0.39 is 0 Å². The minimum Gasteiger partial charge on any atom is -0.368 e. The van der Waals surface area contributed by atoms with Gasteiger partial charge in [-0.3, -0.25) is 9.69 Å². The number of amides is 1. The second-order valence-corrected chi connectivity index (χ2v) is 6.16. The molecule has 0 saturated carbocycles. The number of hydrogen-bond donors (Lipinski definition) is 0. The Morgan fingerprint density at radius 2 is 2.25 bits per heavy atom. The number of aryl methyl sites for hydroxylation is 1. The molecule has 0 radical (unpaired) electrons. The predicted octanol–water partition coefficient (Wildman–Crippen LogP) is 2.34. The van der Waals surface area contributed by atoms with Crippen LogP contribution in [-0.4, -0.2) is 34.7 Å². The molecule has 0 aliphatic carbocycles. The zero-order chi connectivity index (χ0) is 16.5. The standard InChI is InChI=1S/C18H18N4O2/c19-11-13-4-1-5-14(10-13)15-12-21-7-3-8-22(18(21)20-15)17(23)16-6-2-9-24-16/h1,4-5,10,12,16H,2-3,6-9H2/t16-/m0/s1. The summed E-state index contributed by atoms with van der Waals surface area (Å²) in [6.07, 6.45) is 4.25. The third-order valence-corrected chi connectivity index (χ3v) is 4.54. The van der Waals surface area contributed by atoms with Gasteiger partial charge in [-0.05, 0) is 31.4 Å². The van der Waals surface area contributed by atoms with Gasteiger partial charge in [0.05, 0.1) is 17.3 Å². The molecule has 0 spiro atoms. The summed E-state index contributed by atoms with van der Waals surface area (Å²) in [7, 11) is 0. The molecule has 1 fully saturated rings. The third-order valence-electron chi connectivity index (χ3n) is 4.54. The van der Waals surface area contributed by atoms with Crippen molar-refractivity contribution >= 4 is 11.9 Å². The van der Waals surface area contributed by atoms with Crippen molar-refractivity contribution in [1.29, 1.82) is 5.26 Å².